The van der Waals surface area contributed by atoms with E-state index in [4.69, 9.17) is 5.73 Å². The Morgan fingerprint density at radius 1 is 1.11 bits per heavy atom. The minimum atomic E-state index is 0.130. The van der Waals surface area contributed by atoms with Gasteiger partial charge in [0.1, 0.15) is 0 Å². The Balaban J connectivity index is 1.63. The number of likely N-dealkylation sites (tertiary alicyclic amines) is 1. The van der Waals surface area contributed by atoms with Gasteiger partial charge >= 0.3 is 0 Å². The molecule has 2 aliphatic heterocycles. The summed E-state index contributed by atoms with van der Waals surface area (Å²) < 4.78 is 0. The molecule has 104 valence electrons. The summed E-state index contributed by atoms with van der Waals surface area (Å²) in [6, 6.07) is 9.70. The minimum absolute atomic E-state index is 0.130. The second kappa shape index (κ2) is 5.51. The van der Waals surface area contributed by atoms with Crippen LogP contribution in [0.2, 0.25) is 0 Å². The van der Waals surface area contributed by atoms with Gasteiger partial charge in [0.25, 0.3) is 0 Å². The molecule has 2 saturated heterocycles. The van der Waals surface area contributed by atoms with Crippen LogP contribution in [0.15, 0.2) is 24.3 Å². The number of hydrogen-bond donors (Lipinski definition) is 1. The predicted molar refractivity (Wildman–Crippen MR) is 80.5 cm³/mol. The van der Waals surface area contributed by atoms with E-state index in [0.717, 1.165) is 6.04 Å². The summed E-state index contributed by atoms with van der Waals surface area (Å²) in [5.74, 6) is 0. The molecule has 0 radical (unpaired) electrons. The van der Waals surface area contributed by atoms with E-state index >= 15 is 0 Å². The molecule has 0 aromatic heterocycles. The molecule has 1 aromatic carbocycles. The number of nitrogens with zero attached hydrogens (tertiary/aromatic N) is 2. The third kappa shape index (κ3) is 2.77. The summed E-state index contributed by atoms with van der Waals surface area (Å²) >= 11 is 0. The summed E-state index contributed by atoms with van der Waals surface area (Å²) in [6.45, 7) is 7.04. The van der Waals surface area contributed by atoms with Crippen LogP contribution in [0.1, 0.15) is 37.8 Å². The molecule has 2 aliphatic rings. The van der Waals surface area contributed by atoms with Crippen molar-refractivity contribution in [1.82, 2.24) is 4.90 Å². The highest BCUT2D eigenvalue weighted by Crippen LogP contribution is 2.26. The lowest BCUT2D eigenvalue weighted by atomic mass is 10.1. The van der Waals surface area contributed by atoms with E-state index in [0.29, 0.717) is 0 Å². The van der Waals surface area contributed by atoms with E-state index in [1.165, 1.54) is 56.7 Å². The van der Waals surface area contributed by atoms with Crippen LogP contribution in [-0.4, -0.2) is 37.1 Å². The monoisotopic (exact) mass is 259 g/mol. The van der Waals surface area contributed by atoms with Crippen LogP contribution in [0.3, 0.4) is 0 Å². The maximum Gasteiger partial charge on any atom is 0.0366 e. The Labute approximate surface area is 116 Å². The summed E-state index contributed by atoms with van der Waals surface area (Å²) in [6.07, 6.45) is 4.09. The van der Waals surface area contributed by atoms with Crippen LogP contribution >= 0.6 is 0 Å². The largest absolute Gasteiger partial charge is 0.370 e. The van der Waals surface area contributed by atoms with E-state index < -0.39 is 0 Å². The predicted octanol–water partition coefficient (Wildman–Crippen LogP) is 2.38. The van der Waals surface area contributed by atoms with E-state index in [1.54, 1.807) is 0 Å². The molecule has 0 bridgehead atoms. The van der Waals surface area contributed by atoms with Crippen LogP contribution in [0.5, 0.6) is 0 Å². The third-order valence-corrected chi connectivity index (χ3v) is 4.60. The number of hydrogen-bond acceptors (Lipinski definition) is 3. The topological polar surface area (TPSA) is 32.5 Å². The second-order valence-corrected chi connectivity index (χ2v) is 6.01. The van der Waals surface area contributed by atoms with Gasteiger partial charge in [0.05, 0.1) is 0 Å². The van der Waals surface area contributed by atoms with Gasteiger partial charge in [0.15, 0.2) is 0 Å². The van der Waals surface area contributed by atoms with Gasteiger partial charge in [-0.3, -0.25) is 4.90 Å². The molecule has 19 heavy (non-hydrogen) atoms. The molecule has 3 heteroatoms. The molecule has 2 atom stereocenters. The van der Waals surface area contributed by atoms with E-state index in [1.807, 2.05) is 6.92 Å². The fourth-order valence-corrected chi connectivity index (χ4v) is 3.37. The van der Waals surface area contributed by atoms with Crippen molar-refractivity contribution in [2.45, 2.75) is 38.3 Å². The van der Waals surface area contributed by atoms with Crippen molar-refractivity contribution in [3.05, 3.63) is 29.8 Å². The fraction of sp³-hybridized carbons (Fsp3) is 0.625. The Bertz CT molecular complexity index is 407. The number of anilines is 1. The van der Waals surface area contributed by atoms with Gasteiger partial charge < -0.3 is 10.6 Å². The molecule has 0 aliphatic carbocycles. The van der Waals surface area contributed by atoms with E-state index in [-0.39, 0.29) is 6.04 Å². The van der Waals surface area contributed by atoms with Gasteiger partial charge in [-0.25, -0.2) is 0 Å². The fourth-order valence-electron chi connectivity index (χ4n) is 3.37. The number of rotatable bonds is 3. The smallest absolute Gasteiger partial charge is 0.0366 e. The van der Waals surface area contributed by atoms with Crippen LogP contribution in [-0.2, 0) is 0 Å². The van der Waals surface area contributed by atoms with E-state index in [2.05, 4.69) is 34.1 Å². The Hall–Kier alpha value is -1.06. The van der Waals surface area contributed by atoms with Gasteiger partial charge in [0, 0.05) is 30.9 Å². The van der Waals surface area contributed by atoms with Gasteiger partial charge in [0.2, 0.25) is 0 Å². The molecule has 1 aromatic rings. The average molecular weight is 259 g/mol. The van der Waals surface area contributed by atoms with Crippen LogP contribution < -0.4 is 10.6 Å². The first kappa shape index (κ1) is 12.9. The molecule has 2 heterocycles. The second-order valence-electron chi connectivity index (χ2n) is 6.01. The maximum absolute atomic E-state index is 5.90. The molecule has 2 N–H and O–H groups in total. The van der Waals surface area contributed by atoms with Crippen LogP contribution in [0, 0.1) is 0 Å². The molecular weight excluding hydrogens is 234 g/mol. The quantitative estimate of drug-likeness (QED) is 0.904. The van der Waals surface area contributed by atoms with Crippen molar-refractivity contribution >= 4 is 5.69 Å². The molecular formula is C16H25N3. The van der Waals surface area contributed by atoms with Crippen molar-refractivity contribution in [1.29, 1.82) is 0 Å². The number of nitrogens with two attached hydrogens (primary N) is 1. The maximum atomic E-state index is 5.90. The normalized spacial score (nSPS) is 26.0. The van der Waals surface area contributed by atoms with Crippen molar-refractivity contribution in [2.24, 2.45) is 5.73 Å². The highest BCUT2D eigenvalue weighted by atomic mass is 15.3. The lowest BCUT2D eigenvalue weighted by molar-refractivity contribution is 0.260. The van der Waals surface area contributed by atoms with Crippen LogP contribution in [0.4, 0.5) is 5.69 Å². The van der Waals surface area contributed by atoms with E-state index in [9.17, 15) is 0 Å². The first-order valence-corrected chi connectivity index (χ1v) is 7.58. The third-order valence-electron chi connectivity index (χ3n) is 4.60. The molecule has 0 amide bonds. The standard InChI is InChI=1S/C16H25N3/c1-13(17)14-4-6-15(7-5-14)19-11-8-16(12-19)18-9-2-3-10-18/h4-7,13,16H,2-3,8-12,17H2,1H3/t13-,16?/m0/s1. The van der Waals surface area contributed by atoms with Gasteiger partial charge in [-0.2, -0.15) is 0 Å². The molecule has 1 unspecified atom stereocenters. The minimum Gasteiger partial charge on any atom is -0.370 e. The number of benzene rings is 1. The zero-order valence-electron chi connectivity index (χ0n) is 11.9. The van der Waals surface area contributed by atoms with Crippen molar-refractivity contribution in [3.63, 3.8) is 0 Å². The highest BCUT2D eigenvalue weighted by molar-refractivity contribution is 5.49. The Morgan fingerprint density at radius 2 is 1.79 bits per heavy atom. The van der Waals surface area contributed by atoms with Crippen LogP contribution in [0.25, 0.3) is 0 Å². The molecule has 3 rings (SSSR count). The molecule has 2 fully saturated rings. The zero-order chi connectivity index (χ0) is 13.2. The van der Waals surface area contributed by atoms with Crippen molar-refractivity contribution in [2.75, 3.05) is 31.1 Å². The summed E-state index contributed by atoms with van der Waals surface area (Å²) in [7, 11) is 0. The summed E-state index contributed by atoms with van der Waals surface area (Å²) in [5, 5.41) is 0. The Morgan fingerprint density at radius 3 is 2.42 bits per heavy atom. The SMILES string of the molecule is C[C@H](N)c1ccc(N2CCC(N3CCCC3)C2)cc1. The van der Waals surface area contributed by atoms with Gasteiger partial charge in [-0.1, -0.05) is 12.1 Å². The molecule has 0 spiro atoms. The first-order chi connectivity index (χ1) is 9.24. The lowest BCUT2D eigenvalue weighted by Crippen LogP contribution is -2.35. The molecule has 3 nitrogen and oxygen atoms in total. The zero-order valence-corrected chi connectivity index (χ0v) is 11.9. The van der Waals surface area contributed by atoms with Gasteiger partial charge in [-0.05, 0) is 57.0 Å². The van der Waals surface area contributed by atoms with Gasteiger partial charge in [-0.15, -0.1) is 0 Å². The first-order valence-electron chi connectivity index (χ1n) is 7.58. The summed E-state index contributed by atoms with van der Waals surface area (Å²) in [4.78, 5) is 5.20. The Kier molecular flexibility index (Phi) is 3.76. The van der Waals surface area contributed by atoms with Crippen molar-refractivity contribution in [3.8, 4) is 0 Å². The summed E-state index contributed by atoms with van der Waals surface area (Å²) in [5.41, 5.74) is 8.48. The molecule has 0 saturated carbocycles. The lowest BCUT2D eigenvalue weighted by Gasteiger charge is -2.24. The average Bonchev–Trinajstić information content (AvgIpc) is 3.10. The van der Waals surface area contributed by atoms with Crippen molar-refractivity contribution < 1.29 is 0 Å². The highest BCUT2D eigenvalue weighted by Gasteiger charge is 2.29.